The zero-order chi connectivity index (χ0) is 12.9. The molecule has 0 bridgehead atoms. The van der Waals surface area contributed by atoms with Gasteiger partial charge in [-0.05, 0) is 37.9 Å². The molecule has 0 amide bonds. The van der Waals surface area contributed by atoms with Crippen LogP contribution in [-0.4, -0.2) is 60.7 Å². The van der Waals surface area contributed by atoms with Crippen LogP contribution in [0.3, 0.4) is 0 Å². The van der Waals surface area contributed by atoms with Crippen LogP contribution in [0.5, 0.6) is 0 Å². The average molecular weight is 298 g/mol. The Morgan fingerprint density at radius 2 is 1.70 bits per heavy atom. The largest absolute Gasteiger partial charge is 0.338 e. The van der Waals surface area contributed by atoms with Crippen molar-refractivity contribution in [2.24, 2.45) is 5.92 Å². The highest BCUT2D eigenvalue weighted by atomic mass is 35.5. The molecule has 0 aromatic carbocycles. The second-order valence-corrected chi connectivity index (χ2v) is 5.53. The van der Waals surface area contributed by atoms with Crippen LogP contribution in [0.2, 0.25) is 0 Å². The van der Waals surface area contributed by atoms with Crippen molar-refractivity contribution in [3.05, 3.63) is 18.5 Å². The van der Waals surface area contributed by atoms with Crippen LogP contribution in [0.1, 0.15) is 12.8 Å². The summed E-state index contributed by atoms with van der Waals surface area (Å²) in [6.07, 6.45) is 6.32. The zero-order valence-electron chi connectivity index (χ0n) is 11.9. The van der Waals surface area contributed by atoms with Crippen molar-refractivity contribution in [1.82, 2.24) is 20.2 Å². The van der Waals surface area contributed by atoms with E-state index in [1.54, 1.807) is 0 Å². The molecule has 5 nitrogen and oxygen atoms in total. The van der Waals surface area contributed by atoms with Gasteiger partial charge >= 0.3 is 0 Å². The van der Waals surface area contributed by atoms with Crippen LogP contribution in [0.15, 0.2) is 18.5 Å². The fourth-order valence-electron chi connectivity index (χ4n) is 3.01. The predicted molar refractivity (Wildman–Crippen MR) is 83.5 cm³/mol. The SMILES string of the molecule is Cl.c1cnc(N2CCN(CC3CCNCC3)CC2)nc1. The molecule has 0 saturated carbocycles. The summed E-state index contributed by atoms with van der Waals surface area (Å²) < 4.78 is 0. The molecule has 3 heterocycles. The third kappa shape index (κ3) is 4.04. The van der Waals surface area contributed by atoms with Gasteiger partial charge in [0.15, 0.2) is 0 Å². The van der Waals surface area contributed by atoms with E-state index in [1.807, 2.05) is 18.5 Å². The molecule has 20 heavy (non-hydrogen) atoms. The van der Waals surface area contributed by atoms with Crippen LogP contribution in [0, 0.1) is 5.92 Å². The molecule has 0 aliphatic carbocycles. The van der Waals surface area contributed by atoms with Gasteiger partial charge in [-0.1, -0.05) is 0 Å². The minimum absolute atomic E-state index is 0. The van der Waals surface area contributed by atoms with Crippen LogP contribution >= 0.6 is 12.4 Å². The fraction of sp³-hybridized carbons (Fsp3) is 0.714. The summed E-state index contributed by atoms with van der Waals surface area (Å²) in [5, 5.41) is 3.44. The Kier molecular flexibility index (Phi) is 6.01. The molecule has 0 unspecified atom stereocenters. The molecule has 1 N–H and O–H groups in total. The van der Waals surface area contributed by atoms with E-state index in [0.717, 1.165) is 38.0 Å². The van der Waals surface area contributed by atoms with Crippen LogP contribution in [0.4, 0.5) is 5.95 Å². The Labute approximate surface area is 127 Å². The maximum absolute atomic E-state index is 4.33. The second kappa shape index (κ2) is 7.76. The highest BCUT2D eigenvalue weighted by molar-refractivity contribution is 5.85. The number of rotatable bonds is 3. The van der Waals surface area contributed by atoms with Gasteiger partial charge in [-0.25, -0.2) is 9.97 Å². The number of halogens is 1. The molecule has 0 spiro atoms. The molecular formula is C14H24ClN5. The first-order valence-corrected chi connectivity index (χ1v) is 7.37. The zero-order valence-corrected chi connectivity index (χ0v) is 12.7. The molecular weight excluding hydrogens is 274 g/mol. The van der Waals surface area contributed by atoms with Gasteiger partial charge in [0.2, 0.25) is 5.95 Å². The lowest BCUT2D eigenvalue weighted by Crippen LogP contribution is -2.49. The maximum atomic E-state index is 4.33. The Hall–Kier alpha value is -0.910. The molecule has 0 atom stereocenters. The van der Waals surface area contributed by atoms with Gasteiger partial charge in [-0.3, -0.25) is 4.90 Å². The van der Waals surface area contributed by atoms with Crippen molar-refractivity contribution >= 4 is 18.4 Å². The van der Waals surface area contributed by atoms with Crippen LogP contribution in [0.25, 0.3) is 0 Å². The number of piperazine rings is 1. The molecule has 0 radical (unpaired) electrons. The first-order valence-electron chi connectivity index (χ1n) is 7.37. The smallest absolute Gasteiger partial charge is 0.225 e. The number of nitrogens with one attached hydrogen (secondary N) is 1. The van der Waals surface area contributed by atoms with E-state index in [4.69, 9.17) is 0 Å². The summed E-state index contributed by atoms with van der Waals surface area (Å²) in [6, 6.07) is 1.87. The molecule has 6 heteroatoms. The van der Waals surface area contributed by atoms with Gasteiger partial charge in [0.25, 0.3) is 0 Å². The molecule has 2 saturated heterocycles. The van der Waals surface area contributed by atoms with Gasteiger partial charge in [-0.2, -0.15) is 0 Å². The molecule has 2 fully saturated rings. The Bertz CT molecular complexity index is 374. The highest BCUT2D eigenvalue weighted by Crippen LogP contribution is 2.16. The lowest BCUT2D eigenvalue weighted by Gasteiger charge is -2.37. The molecule has 3 rings (SSSR count). The first kappa shape index (κ1) is 15.5. The van der Waals surface area contributed by atoms with Gasteiger partial charge in [0.1, 0.15) is 0 Å². The van der Waals surface area contributed by atoms with Gasteiger partial charge in [-0.15, -0.1) is 12.4 Å². The van der Waals surface area contributed by atoms with E-state index in [-0.39, 0.29) is 12.4 Å². The summed E-state index contributed by atoms with van der Waals surface area (Å²) in [5.41, 5.74) is 0. The van der Waals surface area contributed by atoms with E-state index in [9.17, 15) is 0 Å². The average Bonchev–Trinajstić information content (AvgIpc) is 2.50. The van der Waals surface area contributed by atoms with E-state index in [1.165, 1.54) is 32.5 Å². The lowest BCUT2D eigenvalue weighted by atomic mass is 9.97. The molecule has 1 aromatic rings. The summed E-state index contributed by atoms with van der Waals surface area (Å²) in [7, 11) is 0. The van der Waals surface area contributed by atoms with E-state index in [0.29, 0.717) is 0 Å². The third-order valence-electron chi connectivity index (χ3n) is 4.18. The third-order valence-corrected chi connectivity index (χ3v) is 4.18. The monoisotopic (exact) mass is 297 g/mol. The van der Waals surface area contributed by atoms with Gasteiger partial charge in [0, 0.05) is 45.1 Å². The van der Waals surface area contributed by atoms with Crippen molar-refractivity contribution in [3.63, 3.8) is 0 Å². The van der Waals surface area contributed by atoms with Crippen molar-refractivity contribution in [1.29, 1.82) is 0 Å². The molecule has 2 aliphatic heterocycles. The maximum Gasteiger partial charge on any atom is 0.225 e. The summed E-state index contributed by atoms with van der Waals surface area (Å²) in [6.45, 7) is 8.05. The van der Waals surface area contributed by atoms with E-state index in [2.05, 4.69) is 25.1 Å². The van der Waals surface area contributed by atoms with Crippen LogP contribution in [-0.2, 0) is 0 Å². The summed E-state index contributed by atoms with van der Waals surface area (Å²) >= 11 is 0. The van der Waals surface area contributed by atoms with E-state index >= 15 is 0 Å². The number of hydrogen-bond donors (Lipinski definition) is 1. The fourth-order valence-corrected chi connectivity index (χ4v) is 3.01. The minimum Gasteiger partial charge on any atom is -0.338 e. The Morgan fingerprint density at radius 3 is 2.35 bits per heavy atom. The normalized spacial score (nSPS) is 21.5. The van der Waals surface area contributed by atoms with E-state index < -0.39 is 0 Å². The quantitative estimate of drug-likeness (QED) is 0.902. The number of hydrogen-bond acceptors (Lipinski definition) is 5. The highest BCUT2D eigenvalue weighted by Gasteiger charge is 2.22. The van der Waals surface area contributed by atoms with Crippen molar-refractivity contribution in [2.45, 2.75) is 12.8 Å². The van der Waals surface area contributed by atoms with Gasteiger partial charge < -0.3 is 10.2 Å². The number of anilines is 1. The first-order chi connectivity index (χ1) is 9.42. The van der Waals surface area contributed by atoms with Crippen LogP contribution < -0.4 is 10.2 Å². The second-order valence-electron chi connectivity index (χ2n) is 5.53. The topological polar surface area (TPSA) is 44.3 Å². The predicted octanol–water partition coefficient (Wildman–Crippen LogP) is 1.02. The Balaban J connectivity index is 0.00000147. The standard InChI is InChI=1S/C14H23N5.ClH/c1-4-16-14(17-5-1)19-10-8-18(9-11-19)12-13-2-6-15-7-3-13;/h1,4-5,13,15H,2-3,6-12H2;1H. The Morgan fingerprint density at radius 1 is 1.05 bits per heavy atom. The minimum atomic E-state index is 0. The molecule has 2 aliphatic rings. The number of aromatic nitrogens is 2. The van der Waals surface area contributed by atoms with Crippen molar-refractivity contribution < 1.29 is 0 Å². The summed E-state index contributed by atoms with van der Waals surface area (Å²) in [4.78, 5) is 13.6. The summed E-state index contributed by atoms with van der Waals surface area (Å²) in [5.74, 6) is 1.77. The molecule has 1 aromatic heterocycles. The van der Waals surface area contributed by atoms with Crippen molar-refractivity contribution in [2.75, 3.05) is 50.7 Å². The molecule has 112 valence electrons. The van der Waals surface area contributed by atoms with Crippen molar-refractivity contribution in [3.8, 4) is 0 Å². The number of nitrogens with zero attached hydrogens (tertiary/aromatic N) is 4. The van der Waals surface area contributed by atoms with Gasteiger partial charge in [0.05, 0.1) is 0 Å². The number of piperidine rings is 1. The lowest BCUT2D eigenvalue weighted by molar-refractivity contribution is 0.196.